The Morgan fingerprint density at radius 2 is 1.59 bits per heavy atom. The fraction of sp³-hybridized carbons (Fsp3) is 0.500. The lowest BCUT2D eigenvalue weighted by Gasteiger charge is -2.31. The maximum atomic E-state index is 13.5. The number of ketones is 4. The number of carbonyl (C=O) groups excluding carboxylic acids is 4. The number of methoxy groups -OCH3 is 1. The maximum absolute atomic E-state index is 13.5. The first-order valence-electron chi connectivity index (χ1n) is 13.7. The summed E-state index contributed by atoms with van der Waals surface area (Å²) in [5.41, 5.74) is 3.60. The van der Waals surface area contributed by atoms with E-state index in [0.717, 1.165) is 29.5 Å². The lowest BCUT2D eigenvalue weighted by molar-refractivity contribution is -0.124. The van der Waals surface area contributed by atoms with E-state index in [2.05, 4.69) is 0 Å². The first kappa shape index (κ1) is 27.1. The zero-order chi connectivity index (χ0) is 26.4. The quantitative estimate of drug-likeness (QED) is 0.274. The Morgan fingerprint density at radius 3 is 2.30 bits per heavy atom. The third kappa shape index (κ3) is 6.70. The van der Waals surface area contributed by atoms with Crippen LogP contribution in [0.4, 0.5) is 0 Å². The average Bonchev–Trinajstić information content (AvgIpc) is 2.89. The Morgan fingerprint density at radius 1 is 0.865 bits per heavy atom. The highest BCUT2D eigenvalue weighted by Crippen LogP contribution is 2.39. The molecule has 2 aliphatic carbocycles. The molecule has 0 aliphatic heterocycles. The molecule has 2 atom stereocenters. The molecular formula is C32H38O5. The first-order valence-corrected chi connectivity index (χ1v) is 13.7. The molecule has 0 heterocycles. The van der Waals surface area contributed by atoms with Gasteiger partial charge in [-0.1, -0.05) is 62.4 Å². The summed E-state index contributed by atoms with van der Waals surface area (Å²) in [6, 6.07) is 12.8. The number of rotatable bonds is 11. The van der Waals surface area contributed by atoms with Gasteiger partial charge in [0.2, 0.25) is 0 Å². The molecule has 0 amide bonds. The Balaban J connectivity index is 1.52. The highest BCUT2D eigenvalue weighted by Gasteiger charge is 2.40. The predicted molar refractivity (Wildman–Crippen MR) is 143 cm³/mol. The van der Waals surface area contributed by atoms with Crippen LogP contribution in [-0.2, 0) is 27.2 Å². The summed E-state index contributed by atoms with van der Waals surface area (Å²) in [5, 5.41) is 0. The molecule has 5 heteroatoms. The standard InChI is InChI=1S/C32H38O5/c1-21(33)25-10-6-9-23(17-25)18-26(34)19-24-12-13-27-28(14-11-22-7-4-3-5-8-22)31(35)29(15-16-37-2)32(36)30(27)20-24/h6,9-10,12-13,17,20,22,28-29H,3-5,7-8,11,14-16,18-19H2,1-2H3. The molecule has 4 rings (SSSR count). The lowest BCUT2D eigenvalue weighted by Crippen LogP contribution is -2.36. The van der Waals surface area contributed by atoms with Crippen molar-refractivity contribution in [2.75, 3.05) is 13.7 Å². The van der Waals surface area contributed by atoms with Crippen LogP contribution in [0.3, 0.4) is 0 Å². The predicted octanol–water partition coefficient (Wildman–Crippen LogP) is 6.11. The van der Waals surface area contributed by atoms with Gasteiger partial charge in [0, 0.05) is 43.6 Å². The third-order valence-corrected chi connectivity index (χ3v) is 8.10. The van der Waals surface area contributed by atoms with Crippen molar-refractivity contribution in [2.45, 2.75) is 77.0 Å². The number of ether oxygens (including phenoxy) is 1. The number of fused-ring (bicyclic) bond motifs is 1. The van der Waals surface area contributed by atoms with E-state index in [1.807, 2.05) is 24.3 Å². The van der Waals surface area contributed by atoms with Crippen LogP contribution in [0.1, 0.15) is 102 Å². The van der Waals surface area contributed by atoms with Gasteiger partial charge in [0.05, 0.1) is 5.92 Å². The van der Waals surface area contributed by atoms with Crippen LogP contribution in [0.25, 0.3) is 0 Å². The van der Waals surface area contributed by atoms with Crippen LogP contribution in [0.15, 0.2) is 42.5 Å². The minimum Gasteiger partial charge on any atom is -0.385 e. The van der Waals surface area contributed by atoms with E-state index in [0.29, 0.717) is 30.1 Å². The van der Waals surface area contributed by atoms with Gasteiger partial charge in [-0.25, -0.2) is 0 Å². The van der Waals surface area contributed by atoms with E-state index >= 15 is 0 Å². The van der Waals surface area contributed by atoms with Crippen molar-refractivity contribution < 1.29 is 23.9 Å². The largest absolute Gasteiger partial charge is 0.385 e. The van der Waals surface area contributed by atoms with Crippen LogP contribution in [-0.4, -0.2) is 36.8 Å². The molecule has 0 aromatic heterocycles. The summed E-state index contributed by atoms with van der Waals surface area (Å²) in [6.45, 7) is 1.88. The van der Waals surface area contributed by atoms with Crippen LogP contribution in [0.5, 0.6) is 0 Å². The molecule has 2 aromatic carbocycles. The number of Topliss-reactive ketones (excluding diaryl/α,β-unsaturated/α-hetero) is 4. The second-order valence-corrected chi connectivity index (χ2v) is 10.8. The SMILES string of the molecule is COCCC1C(=O)c2cc(CC(=O)Cc3cccc(C(C)=O)c3)ccc2C(CCC2CCCCC2)C1=O. The van der Waals surface area contributed by atoms with E-state index in [1.165, 1.54) is 39.0 Å². The van der Waals surface area contributed by atoms with Crippen molar-refractivity contribution in [3.05, 3.63) is 70.3 Å². The van der Waals surface area contributed by atoms with E-state index in [1.54, 1.807) is 25.3 Å². The Bertz CT molecular complexity index is 1160. The zero-order valence-corrected chi connectivity index (χ0v) is 22.1. The molecule has 2 aliphatic rings. The van der Waals surface area contributed by atoms with Crippen molar-refractivity contribution in [1.82, 2.24) is 0 Å². The minimum atomic E-state index is -0.677. The highest BCUT2D eigenvalue weighted by molar-refractivity contribution is 6.17. The van der Waals surface area contributed by atoms with Gasteiger partial charge in [0.25, 0.3) is 0 Å². The van der Waals surface area contributed by atoms with Gasteiger partial charge in [-0.05, 0) is 60.9 Å². The third-order valence-electron chi connectivity index (χ3n) is 8.10. The summed E-state index contributed by atoms with van der Waals surface area (Å²) in [5.74, 6) is -0.407. The van der Waals surface area contributed by atoms with Crippen molar-refractivity contribution in [3.8, 4) is 0 Å². The Hall–Kier alpha value is -2.92. The van der Waals surface area contributed by atoms with Gasteiger partial charge < -0.3 is 4.74 Å². The molecule has 5 nitrogen and oxygen atoms in total. The number of hydrogen-bond donors (Lipinski definition) is 0. The Labute approximate surface area is 220 Å². The van der Waals surface area contributed by atoms with Gasteiger partial charge >= 0.3 is 0 Å². The number of carbonyl (C=O) groups is 4. The van der Waals surface area contributed by atoms with Crippen molar-refractivity contribution in [2.24, 2.45) is 11.8 Å². The summed E-state index contributed by atoms with van der Waals surface area (Å²) >= 11 is 0. The molecule has 37 heavy (non-hydrogen) atoms. The monoisotopic (exact) mass is 502 g/mol. The molecule has 196 valence electrons. The normalized spacial score (nSPS) is 20.1. The molecular weight excluding hydrogens is 464 g/mol. The number of hydrogen-bond acceptors (Lipinski definition) is 5. The fourth-order valence-electron chi connectivity index (χ4n) is 6.05. The second kappa shape index (κ2) is 12.6. The average molecular weight is 503 g/mol. The second-order valence-electron chi connectivity index (χ2n) is 10.8. The van der Waals surface area contributed by atoms with Gasteiger partial charge in [0.1, 0.15) is 5.78 Å². The molecule has 2 unspecified atom stereocenters. The zero-order valence-electron chi connectivity index (χ0n) is 22.1. The Kier molecular flexibility index (Phi) is 9.20. The van der Waals surface area contributed by atoms with Gasteiger partial charge in [-0.2, -0.15) is 0 Å². The number of benzene rings is 2. The van der Waals surface area contributed by atoms with Crippen LogP contribution < -0.4 is 0 Å². The summed E-state index contributed by atoms with van der Waals surface area (Å²) in [4.78, 5) is 51.4. The highest BCUT2D eigenvalue weighted by atomic mass is 16.5. The van der Waals surface area contributed by atoms with E-state index in [-0.39, 0.29) is 41.9 Å². The molecule has 0 bridgehead atoms. The fourth-order valence-corrected chi connectivity index (χ4v) is 6.05. The molecule has 0 saturated heterocycles. The molecule has 1 saturated carbocycles. The van der Waals surface area contributed by atoms with E-state index in [4.69, 9.17) is 4.74 Å². The van der Waals surface area contributed by atoms with Crippen molar-refractivity contribution >= 4 is 23.1 Å². The molecule has 0 N–H and O–H groups in total. The summed E-state index contributed by atoms with van der Waals surface area (Å²) < 4.78 is 5.21. The van der Waals surface area contributed by atoms with E-state index in [9.17, 15) is 19.2 Å². The van der Waals surface area contributed by atoms with Gasteiger partial charge in [-0.15, -0.1) is 0 Å². The molecule has 1 fully saturated rings. The van der Waals surface area contributed by atoms with Crippen LogP contribution in [0.2, 0.25) is 0 Å². The van der Waals surface area contributed by atoms with Crippen molar-refractivity contribution in [1.29, 1.82) is 0 Å². The maximum Gasteiger partial charge on any atom is 0.173 e. The van der Waals surface area contributed by atoms with Crippen LogP contribution in [0, 0.1) is 11.8 Å². The van der Waals surface area contributed by atoms with Gasteiger partial charge in [-0.3, -0.25) is 19.2 Å². The minimum absolute atomic E-state index is 0.0183. The van der Waals surface area contributed by atoms with E-state index < -0.39 is 5.92 Å². The van der Waals surface area contributed by atoms with Crippen LogP contribution >= 0.6 is 0 Å². The smallest absolute Gasteiger partial charge is 0.173 e. The summed E-state index contributed by atoms with van der Waals surface area (Å²) in [7, 11) is 1.59. The molecule has 0 spiro atoms. The van der Waals surface area contributed by atoms with Gasteiger partial charge in [0.15, 0.2) is 17.3 Å². The molecule has 2 aromatic rings. The first-order chi connectivity index (χ1) is 17.9. The topological polar surface area (TPSA) is 77.5 Å². The van der Waals surface area contributed by atoms with Crippen molar-refractivity contribution in [3.63, 3.8) is 0 Å². The summed E-state index contributed by atoms with van der Waals surface area (Å²) in [6.07, 6.45) is 8.92. The lowest BCUT2D eigenvalue weighted by atomic mass is 9.70. The molecule has 0 radical (unpaired) electrons.